The van der Waals surface area contributed by atoms with Crippen LogP contribution in [0.3, 0.4) is 0 Å². The standard InChI is InChI=1S/C7H17Si/c1-5-7(2)6-8(3)4/h7H,5-6H2,1-4H3. The van der Waals surface area contributed by atoms with E-state index in [0.717, 1.165) is 5.92 Å². The summed E-state index contributed by atoms with van der Waals surface area (Å²) in [6.07, 6.45) is 1.36. The molecule has 0 amide bonds. The molecular formula is C7H17Si. The molecule has 1 radical (unpaired) electrons. The van der Waals surface area contributed by atoms with Gasteiger partial charge >= 0.3 is 0 Å². The van der Waals surface area contributed by atoms with Gasteiger partial charge in [-0.05, 0) is 5.92 Å². The molecule has 0 aromatic carbocycles. The molecule has 1 heteroatoms. The third-order valence-electron chi connectivity index (χ3n) is 1.45. The molecule has 0 bridgehead atoms. The Morgan fingerprint density at radius 2 is 1.88 bits per heavy atom. The SMILES string of the molecule is CCC(C)C[Si](C)C. The smallest absolute Gasteiger partial charge is 0.0415 e. The van der Waals surface area contributed by atoms with Crippen LogP contribution in [-0.4, -0.2) is 8.80 Å². The quantitative estimate of drug-likeness (QED) is 0.514. The second kappa shape index (κ2) is 4.13. The van der Waals surface area contributed by atoms with Crippen LogP contribution in [0, 0.1) is 5.92 Å². The van der Waals surface area contributed by atoms with Crippen LogP contribution in [0.4, 0.5) is 0 Å². The molecule has 0 heterocycles. The minimum Gasteiger partial charge on any atom is -0.0713 e. The van der Waals surface area contributed by atoms with Crippen LogP contribution >= 0.6 is 0 Å². The van der Waals surface area contributed by atoms with Crippen LogP contribution in [-0.2, 0) is 0 Å². The van der Waals surface area contributed by atoms with Gasteiger partial charge < -0.3 is 0 Å². The topological polar surface area (TPSA) is 0 Å². The molecule has 0 aromatic heterocycles. The Morgan fingerprint density at radius 1 is 1.38 bits per heavy atom. The molecule has 0 aliphatic rings. The van der Waals surface area contributed by atoms with Crippen LogP contribution in [0.2, 0.25) is 19.1 Å². The van der Waals surface area contributed by atoms with Crippen molar-refractivity contribution in [3.05, 3.63) is 0 Å². The molecule has 0 aromatic rings. The predicted octanol–water partition coefficient (Wildman–Crippen LogP) is 2.79. The van der Waals surface area contributed by atoms with E-state index in [-0.39, 0.29) is 8.80 Å². The molecule has 0 aliphatic carbocycles. The summed E-state index contributed by atoms with van der Waals surface area (Å²) in [5.41, 5.74) is 0. The highest BCUT2D eigenvalue weighted by molar-refractivity contribution is 6.55. The molecule has 0 N–H and O–H groups in total. The Hall–Kier alpha value is 0.217. The number of hydrogen-bond donors (Lipinski definition) is 0. The molecular weight excluding hydrogens is 112 g/mol. The number of rotatable bonds is 3. The van der Waals surface area contributed by atoms with E-state index in [1.807, 2.05) is 0 Å². The third kappa shape index (κ3) is 4.38. The summed E-state index contributed by atoms with van der Waals surface area (Å²) in [5, 5.41) is 0. The summed E-state index contributed by atoms with van der Waals surface area (Å²) >= 11 is 0. The molecule has 49 valence electrons. The second-order valence-corrected chi connectivity index (χ2v) is 5.75. The lowest BCUT2D eigenvalue weighted by Gasteiger charge is -2.08. The van der Waals surface area contributed by atoms with E-state index in [4.69, 9.17) is 0 Å². The minimum atomic E-state index is 0.0541. The molecule has 0 fully saturated rings. The first-order valence-corrected chi connectivity index (χ1v) is 6.16. The molecule has 0 saturated carbocycles. The average Bonchev–Trinajstić information content (AvgIpc) is 1.65. The van der Waals surface area contributed by atoms with Gasteiger partial charge in [0.1, 0.15) is 0 Å². The Morgan fingerprint density at radius 3 is 2.00 bits per heavy atom. The highest BCUT2D eigenvalue weighted by Crippen LogP contribution is 2.09. The zero-order valence-corrected chi connectivity index (χ0v) is 7.49. The molecule has 0 aliphatic heterocycles. The first-order valence-electron chi connectivity index (χ1n) is 3.45. The summed E-state index contributed by atoms with van der Waals surface area (Å²) in [6, 6.07) is 1.49. The van der Waals surface area contributed by atoms with Crippen LogP contribution in [0.25, 0.3) is 0 Å². The fourth-order valence-corrected chi connectivity index (χ4v) is 2.52. The minimum absolute atomic E-state index is 0.0541. The fourth-order valence-electron chi connectivity index (χ4n) is 0.841. The van der Waals surface area contributed by atoms with E-state index in [0.29, 0.717) is 0 Å². The van der Waals surface area contributed by atoms with Crippen molar-refractivity contribution in [3.8, 4) is 0 Å². The summed E-state index contributed by atoms with van der Waals surface area (Å²) in [5.74, 6) is 0.971. The molecule has 0 saturated heterocycles. The maximum atomic E-state index is 2.39. The van der Waals surface area contributed by atoms with Gasteiger partial charge in [0, 0.05) is 8.80 Å². The third-order valence-corrected chi connectivity index (χ3v) is 2.97. The zero-order chi connectivity index (χ0) is 6.57. The normalized spacial score (nSPS) is 14.6. The molecule has 0 rings (SSSR count). The van der Waals surface area contributed by atoms with Crippen LogP contribution < -0.4 is 0 Å². The Balaban J connectivity index is 3.10. The lowest BCUT2D eigenvalue weighted by molar-refractivity contribution is 0.620. The summed E-state index contributed by atoms with van der Waals surface area (Å²) in [7, 11) is 0.0541. The fraction of sp³-hybridized carbons (Fsp3) is 1.00. The van der Waals surface area contributed by atoms with Gasteiger partial charge in [0.25, 0.3) is 0 Å². The van der Waals surface area contributed by atoms with Gasteiger partial charge in [-0.3, -0.25) is 0 Å². The van der Waals surface area contributed by atoms with E-state index in [9.17, 15) is 0 Å². The van der Waals surface area contributed by atoms with Crippen LogP contribution in [0.1, 0.15) is 20.3 Å². The van der Waals surface area contributed by atoms with Crippen molar-refractivity contribution in [1.82, 2.24) is 0 Å². The molecule has 1 atom stereocenters. The Bertz CT molecular complexity index is 50.3. The first-order chi connectivity index (χ1) is 3.66. The van der Waals surface area contributed by atoms with Crippen molar-refractivity contribution in [2.75, 3.05) is 0 Å². The summed E-state index contributed by atoms with van der Waals surface area (Å²) in [4.78, 5) is 0. The van der Waals surface area contributed by atoms with E-state index in [1.54, 1.807) is 0 Å². The number of hydrogen-bond acceptors (Lipinski definition) is 0. The van der Waals surface area contributed by atoms with Crippen molar-refractivity contribution in [2.24, 2.45) is 5.92 Å². The molecule has 0 nitrogen and oxygen atoms in total. The van der Waals surface area contributed by atoms with Gasteiger partial charge in [-0.15, -0.1) is 0 Å². The van der Waals surface area contributed by atoms with Gasteiger partial charge in [0.05, 0.1) is 0 Å². The van der Waals surface area contributed by atoms with Crippen molar-refractivity contribution in [3.63, 3.8) is 0 Å². The van der Waals surface area contributed by atoms with Gasteiger partial charge in [-0.1, -0.05) is 39.4 Å². The van der Waals surface area contributed by atoms with Crippen LogP contribution in [0.5, 0.6) is 0 Å². The van der Waals surface area contributed by atoms with E-state index in [2.05, 4.69) is 26.9 Å². The lowest BCUT2D eigenvalue weighted by Crippen LogP contribution is -2.05. The van der Waals surface area contributed by atoms with Crippen molar-refractivity contribution < 1.29 is 0 Å². The van der Waals surface area contributed by atoms with Gasteiger partial charge in [0.2, 0.25) is 0 Å². The summed E-state index contributed by atoms with van der Waals surface area (Å²) in [6.45, 7) is 9.39. The monoisotopic (exact) mass is 129 g/mol. The van der Waals surface area contributed by atoms with Gasteiger partial charge in [-0.25, -0.2) is 0 Å². The van der Waals surface area contributed by atoms with Crippen molar-refractivity contribution >= 4 is 8.80 Å². The summed E-state index contributed by atoms with van der Waals surface area (Å²) < 4.78 is 0. The van der Waals surface area contributed by atoms with Gasteiger partial charge in [-0.2, -0.15) is 0 Å². The first kappa shape index (κ1) is 8.22. The van der Waals surface area contributed by atoms with E-state index in [1.165, 1.54) is 12.5 Å². The Kier molecular flexibility index (Phi) is 4.24. The highest BCUT2D eigenvalue weighted by Gasteiger charge is 2.01. The largest absolute Gasteiger partial charge is 0.0713 e. The highest BCUT2D eigenvalue weighted by atomic mass is 28.3. The predicted molar refractivity (Wildman–Crippen MR) is 41.7 cm³/mol. The van der Waals surface area contributed by atoms with Crippen molar-refractivity contribution in [1.29, 1.82) is 0 Å². The molecule has 1 unspecified atom stereocenters. The van der Waals surface area contributed by atoms with Crippen LogP contribution in [0.15, 0.2) is 0 Å². The average molecular weight is 129 g/mol. The van der Waals surface area contributed by atoms with Gasteiger partial charge in [0.15, 0.2) is 0 Å². The van der Waals surface area contributed by atoms with E-state index >= 15 is 0 Å². The molecule has 0 spiro atoms. The lowest BCUT2D eigenvalue weighted by atomic mass is 10.2. The molecule has 8 heavy (non-hydrogen) atoms. The second-order valence-electron chi connectivity index (χ2n) is 2.92. The maximum absolute atomic E-state index is 2.39. The zero-order valence-electron chi connectivity index (χ0n) is 6.49. The van der Waals surface area contributed by atoms with E-state index < -0.39 is 0 Å². The maximum Gasteiger partial charge on any atom is 0.0415 e. The Labute approximate surface area is 54.9 Å². The van der Waals surface area contributed by atoms with Crippen molar-refractivity contribution in [2.45, 2.75) is 39.4 Å².